The van der Waals surface area contributed by atoms with Crippen LogP contribution in [0, 0.1) is 24.4 Å². The zero-order valence-corrected chi connectivity index (χ0v) is 11.6. The van der Waals surface area contributed by atoms with E-state index in [1.54, 1.807) is 6.07 Å². The summed E-state index contributed by atoms with van der Waals surface area (Å²) in [4.78, 5) is 0. The van der Waals surface area contributed by atoms with E-state index in [4.69, 9.17) is 5.73 Å². The van der Waals surface area contributed by atoms with Gasteiger partial charge in [0.15, 0.2) is 17.5 Å². The molecule has 0 saturated carbocycles. The SMILES string of the molecule is Cc1ccc(C(N)c2ccc(F)c(F)c2F)c(Br)c1. The molecule has 0 bridgehead atoms. The van der Waals surface area contributed by atoms with Crippen molar-refractivity contribution in [3.05, 3.63) is 68.9 Å². The Balaban J connectivity index is 2.50. The molecule has 0 aliphatic heterocycles. The lowest BCUT2D eigenvalue weighted by Crippen LogP contribution is -2.15. The fourth-order valence-electron chi connectivity index (χ4n) is 1.83. The van der Waals surface area contributed by atoms with Crippen LogP contribution in [0.2, 0.25) is 0 Å². The summed E-state index contributed by atoms with van der Waals surface area (Å²) < 4.78 is 40.5. The van der Waals surface area contributed by atoms with Gasteiger partial charge in [0.25, 0.3) is 0 Å². The first-order chi connectivity index (χ1) is 8.91. The third-order valence-corrected chi connectivity index (χ3v) is 3.58. The van der Waals surface area contributed by atoms with Crippen molar-refractivity contribution in [3.8, 4) is 0 Å². The zero-order valence-electron chi connectivity index (χ0n) is 10.1. The lowest BCUT2D eigenvalue weighted by atomic mass is 9.98. The molecule has 0 radical (unpaired) electrons. The van der Waals surface area contributed by atoms with Gasteiger partial charge in [-0.15, -0.1) is 0 Å². The van der Waals surface area contributed by atoms with E-state index in [1.807, 2.05) is 19.1 Å². The Bertz CT molecular complexity index is 628. The van der Waals surface area contributed by atoms with Crippen LogP contribution in [0.15, 0.2) is 34.8 Å². The van der Waals surface area contributed by atoms with E-state index in [0.717, 1.165) is 17.7 Å². The van der Waals surface area contributed by atoms with Crippen LogP contribution >= 0.6 is 15.9 Å². The van der Waals surface area contributed by atoms with Gasteiger partial charge in [-0.25, -0.2) is 13.2 Å². The molecule has 100 valence electrons. The van der Waals surface area contributed by atoms with Crippen LogP contribution in [0.3, 0.4) is 0 Å². The highest BCUT2D eigenvalue weighted by molar-refractivity contribution is 9.10. The number of nitrogens with two attached hydrogens (primary N) is 1. The van der Waals surface area contributed by atoms with Crippen LogP contribution in [0.5, 0.6) is 0 Å². The van der Waals surface area contributed by atoms with Gasteiger partial charge in [-0.05, 0) is 30.2 Å². The average Bonchev–Trinajstić information content (AvgIpc) is 2.35. The highest BCUT2D eigenvalue weighted by Gasteiger charge is 2.20. The minimum Gasteiger partial charge on any atom is -0.320 e. The predicted octanol–water partition coefficient (Wildman–Crippen LogP) is 4.22. The Hall–Kier alpha value is -1.33. The Morgan fingerprint density at radius 3 is 2.26 bits per heavy atom. The second-order valence-electron chi connectivity index (χ2n) is 4.27. The highest BCUT2D eigenvalue weighted by Crippen LogP contribution is 2.30. The molecular formula is C14H11BrF3N. The molecule has 0 spiro atoms. The summed E-state index contributed by atoms with van der Waals surface area (Å²) in [5.74, 6) is -3.98. The molecule has 1 unspecified atom stereocenters. The largest absolute Gasteiger partial charge is 0.320 e. The van der Waals surface area contributed by atoms with Crippen LogP contribution in [0.1, 0.15) is 22.7 Å². The van der Waals surface area contributed by atoms with E-state index < -0.39 is 23.5 Å². The first kappa shape index (κ1) is 14.1. The topological polar surface area (TPSA) is 26.0 Å². The molecule has 0 fully saturated rings. The lowest BCUT2D eigenvalue weighted by molar-refractivity contribution is 0.438. The van der Waals surface area contributed by atoms with E-state index in [0.29, 0.717) is 10.0 Å². The molecule has 2 N–H and O–H groups in total. The van der Waals surface area contributed by atoms with Crippen molar-refractivity contribution >= 4 is 15.9 Å². The maximum Gasteiger partial charge on any atom is 0.194 e. The number of hydrogen-bond donors (Lipinski definition) is 1. The predicted molar refractivity (Wildman–Crippen MR) is 71.2 cm³/mol. The molecule has 0 aromatic heterocycles. The van der Waals surface area contributed by atoms with Gasteiger partial charge < -0.3 is 5.73 Å². The van der Waals surface area contributed by atoms with Crippen LogP contribution < -0.4 is 5.73 Å². The summed E-state index contributed by atoms with van der Waals surface area (Å²) in [7, 11) is 0. The Morgan fingerprint density at radius 1 is 1.00 bits per heavy atom. The van der Waals surface area contributed by atoms with Gasteiger partial charge in [-0.2, -0.15) is 0 Å². The van der Waals surface area contributed by atoms with Crippen molar-refractivity contribution in [3.63, 3.8) is 0 Å². The Morgan fingerprint density at radius 2 is 1.63 bits per heavy atom. The number of aryl methyl sites for hydroxylation is 1. The van der Waals surface area contributed by atoms with E-state index >= 15 is 0 Å². The molecule has 0 heterocycles. The molecule has 0 saturated heterocycles. The second kappa shape index (κ2) is 5.35. The molecular weight excluding hydrogens is 319 g/mol. The Labute approximate surface area is 117 Å². The number of rotatable bonds is 2. The van der Waals surface area contributed by atoms with Crippen LogP contribution in [0.25, 0.3) is 0 Å². The second-order valence-corrected chi connectivity index (χ2v) is 5.12. The van der Waals surface area contributed by atoms with Gasteiger partial charge in [-0.1, -0.05) is 34.1 Å². The van der Waals surface area contributed by atoms with Gasteiger partial charge >= 0.3 is 0 Å². The maximum atomic E-state index is 13.7. The van der Waals surface area contributed by atoms with Crippen molar-refractivity contribution in [2.75, 3.05) is 0 Å². The van der Waals surface area contributed by atoms with Crippen molar-refractivity contribution < 1.29 is 13.2 Å². The van der Waals surface area contributed by atoms with E-state index in [1.165, 1.54) is 0 Å². The standard InChI is InChI=1S/C14H11BrF3N/c1-7-2-3-8(10(15)6-7)14(19)9-4-5-11(16)13(18)12(9)17/h2-6,14H,19H2,1H3. The molecule has 0 aliphatic rings. The highest BCUT2D eigenvalue weighted by atomic mass is 79.9. The van der Waals surface area contributed by atoms with E-state index in [9.17, 15) is 13.2 Å². The van der Waals surface area contributed by atoms with Crippen molar-refractivity contribution in [2.45, 2.75) is 13.0 Å². The number of halogens is 4. The van der Waals surface area contributed by atoms with Gasteiger partial charge in [0.05, 0.1) is 6.04 Å². The van der Waals surface area contributed by atoms with E-state index in [-0.39, 0.29) is 5.56 Å². The normalized spacial score (nSPS) is 12.5. The molecule has 1 atom stereocenters. The fraction of sp³-hybridized carbons (Fsp3) is 0.143. The molecule has 0 aliphatic carbocycles. The molecule has 19 heavy (non-hydrogen) atoms. The van der Waals surface area contributed by atoms with Gasteiger partial charge in [0.1, 0.15) is 0 Å². The summed E-state index contributed by atoms with van der Waals surface area (Å²) in [6.07, 6.45) is 0. The lowest BCUT2D eigenvalue weighted by Gasteiger charge is -2.16. The molecule has 2 aromatic carbocycles. The maximum absolute atomic E-state index is 13.7. The molecule has 0 amide bonds. The molecule has 2 rings (SSSR count). The van der Waals surface area contributed by atoms with Crippen molar-refractivity contribution in [1.82, 2.24) is 0 Å². The summed E-state index contributed by atoms with van der Waals surface area (Å²) in [6, 6.07) is 6.53. The minimum absolute atomic E-state index is 0.0801. The summed E-state index contributed by atoms with van der Waals surface area (Å²) in [5, 5.41) is 0. The average molecular weight is 330 g/mol. The quantitative estimate of drug-likeness (QED) is 0.820. The summed E-state index contributed by atoms with van der Waals surface area (Å²) in [5.41, 5.74) is 7.46. The smallest absolute Gasteiger partial charge is 0.194 e. The molecule has 5 heteroatoms. The third kappa shape index (κ3) is 2.67. The molecule has 2 aromatic rings. The van der Waals surface area contributed by atoms with Crippen LogP contribution in [-0.2, 0) is 0 Å². The Kier molecular flexibility index (Phi) is 3.96. The molecule has 1 nitrogen and oxygen atoms in total. The third-order valence-electron chi connectivity index (χ3n) is 2.89. The summed E-state index contributed by atoms with van der Waals surface area (Å²) in [6.45, 7) is 1.90. The fourth-order valence-corrected chi connectivity index (χ4v) is 2.57. The van der Waals surface area contributed by atoms with Crippen molar-refractivity contribution in [1.29, 1.82) is 0 Å². The number of hydrogen-bond acceptors (Lipinski definition) is 1. The summed E-state index contributed by atoms with van der Waals surface area (Å²) >= 11 is 3.33. The van der Waals surface area contributed by atoms with Gasteiger partial charge in [0, 0.05) is 10.0 Å². The van der Waals surface area contributed by atoms with Gasteiger partial charge in [0.2, 0.25) is 0 Å². The van der Waals surface area contributed by atoms with E-state index in [2.05, 4.69) is 15.9 Å². The first-order valence-corrected chi connectivity index (χ1v) is 6.36. The zero-order chi connectivity index (χ0) is 14.2. The number of benzene rings is 2. The van der Waals surface area contributed by atoms with Gasteiger partial charge in [-0.3, -0.25) is 0 Å². The van der Waals surface area contributed by atoms with Crippen molar-refractivity contribution in [2.24, 2.45) is 5.73 Å². The minimum atomic E-state index is -1.50. The monoisotopic (exact) mass is 329 g/mol. The van der Waals surface area contributed by atoms with Crippen LogP contribution in [-0.4, -0.2) is 0 Å². The van der Waals surface area contributed by atoms with Crippen LogP contribution in [0.4, 0.5) is 13.2 Å². The first-order valence-electron chi connectivity index (χ1n) is 5.57.